The number of carbonyl (C=O) groups is 1. The average molecular weight is 420 g/mol. The van der Waals surface area contributed by atoms with Crippen LogP contribution in [-0.4, -0.2) is 29.3 Å². The van der Waals surface area contributed by atoms with Gasteiger partial charge in [-0.15, -0.1) is 0 Å². The molecular formula is C18H18BrN3O4. The van der Waals surface area contributed by atoms with Crippen LogP contribution < -0.4 is 14.8 Å². The topological polar surface area (TPSA) is 78.5 Å². The molecule has 7 nitrogen and oxygen atoms in total. The van der Waals surface area contributed by atoms with Gasteiger partial charge in [-0.1, -0.05) is 0 Å². The lowest BCUT2D eigenvalue weighted by molar-refractivity contribution is 0.0920. The zero-order valence-electron chi connectivity index (χ0n) is 14.1. The molecule has 0 bridgehead atoms. The molecule has 1 aromatic carbocycles. The minimum Gasteiger partial charge on any atom is -0.497 e. The van der Waals surface area contributed by atoms with Gasteiger partial charge in [-0.3, -0.25) is 9.48 Å². The van der Waals surface area contributed by atoms with Gasteiger partial charge in [0.2, 0.25) is 0 Å². The summed E-state index contributed by atoms with van der Waals surface area (Å²) in [6, 6.07) is 10.6. The number of amides is 1. The number of carbonyl (C=O) groups excluding carboxylic acids is 1. The van der Waals surface area contributed by atoms with E-state index in [2.05, 4.69) is 26.3 Å². The number of rotatable bonds is 8. The Morgan fingerprint density at radius 2 is 2.00 bits per heavy atom. The first kappa shape index (κ1) is 18.1. The van der Waals surface area contributed by atoms with E-state index in [1.165, 1.54) is 0 Å². The van der Waals surface area contributed by atoms with Crippen molar-refractivity contribution in [3.05, 3.63) is 64.8 Å². The summed E-state index contributed by atoms with van der Waals surface area (Å²) >= 11 is 3.33. The molecule has 0 saturated carbocycles. The van der Waals surface area contributed by atoms with E-state index in [1.54, 1.807) is 30.1 Å². The van der Waals surface area contributed by atoms with E-state index >= 15 is 0 Å². The Bertz CT molecular complexity index is 857. The van der Waals surface area contributed by atoms with Gasteiger partial charge in [-0.25, -0.2) is 0 Å². The maximum atomic E-state index is 12.1. The van der Waals surface area contributed by atoms with Crippen molar-refractivity contribution in [3.63, 3.8) is 0 Å². The van der Waals surface area contributed by atoms with E-state index < -0.39 is 0 Å². The predicted octanol–water partition coefficient (Wildman–Crippen LogP) is 3.26. The van der Waals surface area contributed by atoms with E-state index in [9.17, 15) is 4.79 Å². The largest absolute Gasteiger partial charge is 0.497 e. The van der Waals surface area contributed by atoms with Gasteiger partial charge >= 0.3 is 0 Å². The van der Waals surface area contributed by atoms with Crippen LogP contribution in [0.25, 0.3) is 0 Å². The molecule has 0 radical (unpaired) electrons. The summed E-state index contributed by atoms with van der Waals surface area (Å²) in [5, 5.41) is 6.92. The quantitative estimate of drug-likeness (QED) is 0.606. The Morgan fingerprint density at radius 3 is 2.69 bits per heavy atom. The van der Waals surface area contributed by atoms with Gasteiger partial charge in [0.25, 0.3) is 5.91 Å². The number of ether oxygens (including phenoxy) is 2. The van der Waals surface area contributed by atoms with Crippen LogP contribution in [0.2, 0.25) is 0 Å². The fraction of sp³-hybridized carbons (Fsp3) is 0.222. The van der Waals surface area contributed by atoms with Crippen molar-refractivity contribution >= 4 is 21.8 Å². The summed E-state index contributed by atoms with van der Waals surface area (Å²) in [6.07, 6.45) is 3.54. The van der Waals surface area contributed by atoms with Gasteiger partial charge in [0.15, 0.2) is 5.76 Å². The van der Waals surface area contributed by atoms with E-state index in [-0.39, 0.29) is 18.3 Å². The molecule has 0 unspecified atom stereocenters. The van der Waals surface area contributed by atoms with Gasteiger partial charge < -0.3 is 19.2 Å². The summed E-state index contributed by atoms with van der Waals surface area (Å²) in [5.74, 6) is 2.00. The van der Waals surface area contributed by atoms with Crippen LogP contribution in [0.15, 0.2) is 57.7 Å². The van der Waals surface area contributed by atoms with Crippen molar-refractivity contribution in [2.24, 2.45) is 0 Å². The Hall–Kier alpha value is -2.74. The Morgan fingerprint density at radius 1 is 1.23 bits per heavy atom. The Kier molecular flexibility index (Phi) is 5.96. The maximum absolute atomic E-state index is 12.1. The number of benzene rings is 1. The summed E-state index contributed by atoms with van der Waals surface area (Å²) in [4.78, 5) is 12.1. The minimum absolute atomic E-state index is 0.237. The standard InChI is InChI=1S/C18H18BrN3O4/c1-24-14-2-4-15(5-3-14)25-12-16-6-7-17(26-16)18(23)20-8-9-22-11-13(19)10-21-22/h2-7,10-11H,8-9,12H2,1H3,(H,20,23). The van der Waals surface area contributed by atoms with Crippen LogP contribution in [0, 0.1) is 0 Å². The van der Waals surface area contributed by atoms with Crippen LogP contribution in [0.1, 0.15) is 16.3 Å². The molecule has 0 atom stereocenters. The van der Waals surface area contributed by atoms with Gasteiger partial charge in [0, 0.05) is 12.7 Å². The highest BCUT2D eigenvalue weighted by atomic mass is 79.9. The molecule has 0 aliphatic rings. The Labute approximate surface area is 159 Å². The highest BCUT2D eigenvalue weighted by molar-refractivity contribution is 9.10. The zero-order valence-corrected chi connectivity index (χ0v) is 15.7. The molecule has 3 rings (SSSR count). The zero-order chi connectivity index (χ0) is 18.4. The van der Waals surface area contributed by atoms with Crippen molar-refractivity contribution in [3.8, 4) is 11.5 Å². The van der Waals surface area contributed by atoms with Crippen LogP contribution in [0.5, 0.6) is 11.5 Å². The van der Waals surface area contributed by atoms with Gasteiger partial charge in [-0.2, -0.15) is 5.10 Å². The van der Waals surface area contributed by atoms with E-state index in [0.717, 1.165) is 10.2 Å². The monoisotopic (exact) mass is 419 g/mol. The number of aromatic nitrogens is 2. The van der Waals surface area contributed by atoms with Crippen molar-refractivity contribution < 1.29 is 18.7 Å². The maximum Gasteiger partial charge on any atom is 0.287 e. The molecule has 2 heterocycles. The summed E-state index contributed by atoms with van der Waals surface area (Å²) < 4.78 is 18.9. The van der Waals surface area contributed by atoms with Gasteiger partial charge in [0.05, 0.1) is 24.3 Å². The fourth-order valence-corrected chi connectivity index (χ4v) is 2.56. The first-order chi connectivity index (χ1) is 12.6. The summed E-state index contributed by atoms with van der Waals surface area (Å²) in [5.41, 5.74) is 0. The van der Waals surface area contributed by atoms with Gasteiger partial charge in [-0.05, 0) is 52.3 Å². The molecule has 3 aromatic rings. The number of halogens is 1. The van der Waals surface area contributed by atoms with E-state index in [4.69, 9.17) is 13.9 Å². The van der Waals surface area contributed by atoms with E-state index in [0.29, 0.717) is 24.6 Å². The van der Waals surface area contributed by atoms with Crippen LogP contribution in [0.3, 0.4) is 0 Å². The fourth-order valence-electron chi connectivity index (χ4n) is 2.24. The van der Waals surface area contributed by atoms with Crippen LogP contribution >= 0.6 is 15.9 Å². The molecule has 0 saturated heterocycles. The molecule has 0 aliphatic carbocycles. The molecule has 8 heteroatoms. The van der Waals surface area contributed by atoms with Crippen molar-refractivity contribution in [1.82, 2.24) is 15.1 Å². The lowest BCUT2D eigenvalue weighted by Gasteiger charge is -2.05. The number of nitrogens with zero attached hydrogens (tertiary/aromatic N) is 2. The molecule has 0 aliphatic heterocycles. The number of furan rings is 1. The lowest BCUT2D eigenvalue weighted by Crippen LogP contribution is -2.27. The normalized spacial score (nSPS) is 10.5. The predicted molar refractivity (Wildman–Crippen MR) is 98.3 cm³/mol. The molecule has 0 fully saturated rings. The Balaban J connectivity index is 1.46. The molecule has 0 spiro atoms. The number of nitrogens with one attached hydrogen (secondary N) is 1. The number of methoxy groups -OCH3 is 1. The summed E-state index contributed by atoms with van der Waals surface area (Å²) in [6.45, 7) is 1.26. The van der Waals surface area contributed by atoms with Crippen molar-refractivity contribution in [2.45, 2.75) is 13.2 Å². The number of hydrogen-bond donors (Lipinski definition) is 1. The first-order valence-corrected chi connectivity index (χ1v) is 8.75. The second-order valence-electron chi connectivity index (χ2n) is 5.41. The lowest BCUT2D eigenvalue weighted by atomic mass is 10.3. The highest BCUT2D eigenvalue weighted by Crippen LogP contribution is 2.18. The minimum atomic E-state index is -0.271. The van der Waals surface area contributed by atoms with Crippen molar-refractivity contribution in [1.29, 1.82) is 0 Å². The summed E-state index contributed by atoms with van der Waals surface area (Å²) in [7, 11) is 1.61. The molecule has 26 heavy (non-hydrogen) atoms. The number of hydrogen-bond acceptors (Lipinski definition) is 5. The SMILES string of the molecule is COc1ccc(OCc2ccc(C(=O)NCCn3cc(Br)cn3)o2)cc1. The molecule has 2 aromatic heterocycles. The van der Waals surface area contributed by atoms with Crippen LogP contribution in [-0.2, 0) is 13.2 Å². The smallest absolute Gasteiger partial charge is 0.287 e. The molecule has 136 valence electrons. The van der Waals surface area contributed by atoms with E-state index in [1.807, 2.05) is 30.5 Å². The highest BCUT2D eigenvalue weighted by Gasteiger charge is 2.11. The molecule has 1 amide bonds. The third-order valence-corrected chi connectivity index (χ3v) is 3.96. The third kappa shape index (κ3) is 4.89. The average Bonchev–Trinajstić information content (AvgIpc) is 3.29. The molecular weight excluding hydrogens is 402 g/mol. The second kappa shape index (κ2) is 8.57. The third-order valence-electron chi connectivity index (χ3n) is 3.55. The molecule has 1 N–H and O–H groups in total. The van der Waals surface area contributed by atoms with Gasteiger partial charge in [0.1, 0.15) is 23.9 Å². The second-order valence-corrected chi connectivity index (χ2v) is 6.32. The van der Waals surface area contributed by atoms with Crippen LogP contribution in [0.4, 0.5) is 0 Å². The van der Waals surface area contributed by atoms with Crippen molar-refractivity contribution in [2.75, 3.05) is 13.7 Å². The first-order valence-electron chi connectivity index (χ1n) is 7.96.